The van der Waals surface area contributed by atoms with Crippen LogP contribution in [0.1, 0.15) is 58.8 Å². The SMILES string of the molecule is C[C@H](COC(=O)c1ccccc1)[C@@H](CN(C)C(=O)OC(C)(C)C)O[Si](C)(C)C(C)(C)C. The van der Waals surface area contributed by atoms with E-state index in [0.29, 0.717) is 12.1 Å². The summed E-state index contributed by atoms with van der Waals surface area (Å²) in [6.45, 7) is 18.9. The first-order valence-corrected chi connectivity index (χ1v) is 13.8. The topological polar surface area (TPSA) is 65.1 Å². The van der Waals surface area contributed by atoms with Crippen molar-refractivity contribution in [1.29, 1.82) is 0 Å². The summed E-state index contributed by atoms with van der Waals surface area (Å²) in [5.41, 5.74) is -0.0553. The first kappa shape index (κ1) is 27.2. The molecule has 0 aliphatic carbocycles. The van der Waals surface area contributed by atoms with Crippen molar-refractivity contribution in [2.45, 2.75) is 78.3 Å². The van der Waals surface area contributed by atoms with Crippen molar-refractivity contribution in [3.8, 4) is 0 Å². The highest BCUT2D eigenvalue weighted by molar-refractivity contribution is 6.74. The Morgan fingerprint density at radius 3 is 2.06 bits per heavy atom. The first-order chi connectivity index (χ1) is 14.0. The van der Waals surface area contributed by atoms with Gasteiger partial charge in [0.05, 0.1) is 18.3 Å². The number of hydrogen-bond donors (Lipinski definition) is 0. The van der Waals surface area contributed by atoms with Crippen molar-refractivity contribution in [3.05, 3.63) is 35.9 Å². The average Bonchev–Trinajstić information content (AvgIpc) is 2.63. The summed E-state index contributed by atoms with van der Waals surface area (Å²) < 4.78 is 17.7. The van der Waals surface area contributed by atoms with Crippen LogP contribution in [0.3, 0.4) is 0 Å². The number of nitrogens with zero attached hydrogens (tertiary/aromatic N) is 1. The summed E-state index contributed by atoms with van der Waals surface area (Å²) in [5.74, 6) is -0.467. The van der Waals surface area contributed by atoms with Crippen LogP contribution < -0.4 is 0 Å². The average molecular weight is 452 g/mol. The molecule has 0 radical (unpaired) electrons. The van der Waals surface area contributed by atoms with Crippen LogP contribution in [0.25, 0.3) is 0 Å². The smallest absolute Gasteiger partial charge is 0.410 e. The Kier molecular flexibility index (Phi) is 9.32. The van der Waals surface area contributed by atoms with Gasteiger partial charge in [-0.25, -0.2) is 9.59 Å². The highest BCUT2D eigenvalue weighted by Crippen LogP contribution is 2.38. The van der Waals surface area contributed by atoms with Crippen LogP contribution in [0.4, 0.5) is 4.79 Å². The van der Waals surface area contributed by atoms with E-state index in [0.717, 1.165) is 0 Å². The van der Waals surface area contributed by atoms with Gasteiger partial charge in [0.1, 0.15) is 5.60 Å². The molecule has 1 aromatic carbocycles. The van der Waals surface area contributed by atoms with Crippen LogP contribution in [-0.2, 0) is 13.9 Å². The van der Waals surface area contributed by atoms with Gasteiger partial charge < -0.3 is 18.8 Å². The van der Waals surface area contributed by atoms with Gasteiger partial charge in [-0.2, -0.15) is 0 Å². The molecule has 0 saturated heterocycles. The van der Waals surface area contributed by atoms with E-state index >= 15 is 0 Å². The van der Waals surface area contributed by atoms with Crippen LogP contribution in [0, 0.1) is 5.92 Å². The van der Waals surface area contributed by atoms with Gasteiger partial charge in [0, 0.05) is 19.5 Å². The molecule has 0 unspecified atom stereocenters. The molecule has 1 amide bonds. The number of esters is 1. The summed E-state index contributed by atoms with van der Waals surface area (Å²) in [7, 11) is -0.411. The maximum atomic E-state index is 12.5. The van der Waals surface area contributed by atoms with Gasteiger partial charge in [-0.15, -0.1) is 0 Å². The summed E-state index contributed by atoms with van der Waals surface area (Å²) in [6.07, 6.45) is -0.688. The third kappa shape index (κ3) is 9.03. The Balaban J connectivity index is 2.92. The molecule has 0 fully saturated rings. The minimum Gasteiger partial charge on any atom is -0.462 e. The highest BCUT2D eigenvalue weighted by Gasteiger charge is 2.41. The van der Waals surface area contributed by atoms with E-state index in [4.69, 9.17) is 13.9 Å². The number of benzene rings is 1. The molecule has 6 nitrogen and oxygen atoms in total. The largest absolute Gasteiger partial charge is 0.462 e. The second-order valence-corrected chi connectivity index (χ2v) is 15.5. The second kappa shape index (κ2) is 10.6. The molecular weight excluding hydrogens is 410 g/mol. The molecule has 1 rings (SSSR count). The predicted molar refractivity (Wildman–Crippen MR) is 127 cm³/mol. The molecule has 0 N–H and O–H groups in total. The monoisotopic (exact) mass is 451 g/mol. The third-order valence-electron chi connectivity index (χ3n) is 5.53. The molecule has 7 heteroatoms. The van der Waals surface area contributed by atoms with Gasteiger partial charge in [0.25, 0.3) is 0 Å². The molecule has 0 spiro atoms. The third-order valence-corrected chi connectivity index (χ3v) is 10.0. The van der Waals surface area contributed by atoms with E-state index in [1.165, 1.54) is 0 Å². The van der Waals surface area contributed by atoms with Crippen LogP contribution in [0.2, 0.25) is 18.1 Å². The van der Waals surface area contributed by atoms with Crippen molar-refractivity contribution >= 4 is 20.4 Å². The number of hydrogen-bond acceptors (Lipinski definition) is 5. The summed E-state index contributed by atoms with van der Waals surface area (Å²) in [4.78, 5) is 26.4. The highest BCUT2D eigenvalue weighted by atomic mass is 28.4. The fraction of sp³-hybridized carbons (Fsp3) is 0.667. The maximum absolute atomic E-state index is 12.5. The van der Waals surface area contributed by atoms with E-state index in [-0.39, 0.29) is 29.6 Å². The maximum Gasteiger partial charge on any atom is 0.410 e. The molecule has 0 heterocycles. The summed E-state index contributed by atoms with van der Waals surface area (Å²) >= 11 is 0. The van der Waals surface area contributed by atoms with E-state index in [2.05, 4.69) is 33.9 Å². The standard InChI is InChI=1S/C24H41NO5Si/c1-18(17-28-21(26)19-14-12-11-13-15-19)20(30-31(9,10)24(5,6)7)16-25(8)22(27)29-23(2,3)4/h11-15,18,20H,16-17H2,1-10H3/t18-,20-/m1/s1. The van der Waals surface area contributed by atoms with Crippen molar-refractivity contribution in [1.82, 2.24) is 4.90 Å². The molecule has 1 aromatic rings. The van der Waals surface area contributed by atoms with Gasteiger partial charge in [-0.3, -0.25) is 0 Å². The van der Waals surface area contributed by atoms with Crippen LogP contribution in [0.15, 0.2) is 30.3 Å². The molecular formula is C24H41NO5Si. The van der Waals surface area contributed by atoms with Gasteiger partial charge in [-0.1, -0.05) is 45.9 Å². The Morgan fingerprint density at radius 1 is 1.03 bits per heavy atom. The van der Waals surface area contributed by atoms with Crippen LogP contribution >= 0.6 is 0 Å². The Labute approximate surface area is 189 Å². The van der Waals surface area contributed by atoms with Crippen molar-refractivity contribution in [2.24, 2.45) is 5.92 Å². The zero-order chi connectivity index (χ0) is 24.0. The number of carbonyl (C=O) groups is 2. The van der Waals surface area contributed by atoms with E-state index in [9.17, 15) is 9.59 Å². The van der Waals surface area contributed by atoms with E-state index in [1.54, 1.807) is 36.2 Å². The zero-order valence-corrected chi connectivity index (χ0v) is 21.9. The normalized spacial score (nSPS) is 14.5. The van der Waals surface area contributed by atoms with Crippen LogP contribution in [0.5, 0.6) is 0 Å². The first-order valence-electron chi connectivity index (χ1n) is 10.9. The number of carbonyl (C=O) groups excluding carboxylic acids is 2. The minimum atomic E-state index is -2.12. The molecule has 0 bridgehead atoms. The van der Waals surface area contributed by atoms with Gasteiger partial charge in [0.2, 0.25) is 0 Å². The van der Waals surface area contributed by atoms with Crippen molar-refractivity contribution in [3.63, 3.8) is 0 Å². The lowest BCUT2D eigenvalue weighted by Gasteiger charge is -2.41. The molecule has 0 aliphatic rings. The van der Waals surface area contributed by atoms with Gasteiger partial charge in [0.15, 0.2) is 8.32 Å². The van der Waals surface area contributed by atoms with E-state index < -0.39 is 20.0 Å². The number of rotatable bonds is 8. The molecule has 0 saturated carbocycles. The second-order valence-electron chi connectivity index (χ2n) is 10.7. The summed E-state index contributed by atoms with van der Waals surface area (Å²) in [5, 5.41) is 0.0101. The lowest BCUT2D eigenvalue weighted by molar-refractivity contribution is 0.00531. The molecule has 0 aromatic heterocycles. The molecule has 0 aliphatic heterocycles. The van der Waals surface area contributed by atoms with Crippen molar-refractivity contribution < 1.29 is 23.5 Å². The Bertz CT molecular complexity index is 722. The fourth-order valence-corrected chi connectivity index (χ4v) is 3.96. The number of amides is 1. The Morgan fingerprint density at radius 2 is 1.58 bits per heavy atom. The quantitative estimate of drug-likeness (QED) is 0.373. The van der Waals surface area contributed by atoms with Gasteiger partial charge in [-0.05, 0) is 51.0 Å². The zero-order valence-electron chi connectivity index (χ0n) is 20.9. The molecule has 176 valence electrons. The number of likely N-dealkylation sites (N-methyl/N-ethyl adjacent to an activating group) is 1. The van der Waals surface area contributed by atoms with Crippen molar-refractivity contribution in [2.75, 3.05) is 20.2 Å². The lowest BCUT2D eigenvalue weighted by Crippen LogP contribution is -2.50. The Hall–Kier alpha value is -1.86. The minimum absolute atomic E-state index is 0.0101. The fourth-order valence-electron chi connectivity index (χ4n) is 2.54. The predicted octanol–water partition coefficient (Wildman–Crippen LogP) is 5.74. The molecule has 2 atom stereocenters. The number of ether oxygens (including phenoxy) is 2. The molecule has 31 heavy (non-hydrogen) atoms. The van der Waals surface area contributed by atoms with Crippen LogP contribution in [-0.4, -0.2) is 57.2 Å². The lowest BCUT2D eigenvalue weighted by atomic mass is 10.1. The summed E-state index contributed by atoms with van der Waals surface area (Å²) in [6, 6.07) is 8.92. The van der Waals surface area contributed by atoms with Gasteiger partial charge >= 0.3 is 12.1 Å². The van der Waals surface area contributed by atoms with E-state index in [1.807, 2.05) is 33.8 Å².